The molecule has 1 heterocycles. The number of hydrogen-bond acceptors (Lipinski definition) is 2. The molecule has 1 unspecified atom stereocenters. The number of hydrogen-bond donors (Lipinski definition) is 1. The first-order valence-electron chi connectivity index (χ1n) is 7.01. The average Bonchev–Trinajstić information content (AvgIpc) is 2.40. The molecule has 104 valence electrons. The van der Waals surface area contributed by atoms with Gasteiger partial charge in [0, 0.05) is 6.61 Å². The molecular formula is C16H23NO2. The molecule has 1 amide bonds. The molecule has 0 spiro atoms. The van der Waals surface area contributed by atoms with E-state index < -0.39 is 5.41 Å². The van der Waals surface area contributed by atoms with E-state index in [4.69, 9.17) is 10.5 Å². The number of nitrogens with two attached hydrogens (primary N) is 1. The molecule has 2 rings (SSSR count). The molecule has 3 nitrogen and oxygen atoms in total. The van der Waals surface area contributed by atoms with Gasteiger partial charge >= 0.3 is 0 Å². The molecule has 1 aromatic carbocycles. The van der Waals surface area contributed by atoms with Crippen LogP contribution in [-0.2, 0) is 21.4 Å². The maximum absolute atomic E-state index is 11.4. The van der Waals surface area contributed by atoms with Crippen molar-refractivity contribution < 1.29 is 9.53 Å². The highest BCUT2D eigenvalue weighted by molar-refractivity contribution is 5.85. The van der Waals surface area contributed by atoms with Crippen LogP contribution >= 0.6 is 0 Å². The van der Waals surface area contributed by atoms with Crippen LogP contribution in [0.5, 0.6) is 0 Å². The Kier molecular flexibility index (Phi) is 4.25. The van der Waals surface area contributed by atoms with Crippen LogP contribution in [0.25, 0.3) is 0 Å². The van der Waals surface area contributed by atoms with Crippen molar-refractivity contribution in [2.75, 3.05) is 6.61 Å². The molecule has 1 fully saturated rings. The van der Waals surface area contributed by atoms with Gasteiger partial charge in [0.15, 0.2) is 0 Å². The average molecular weight is 261 g/mol. The van der Waals surface area contributed by atoms with Gasteiger partial charge in [0.25, 0.3) is 0 Å². The third kappa shape index (κ3) is 3.35. The van der Waals surface area contributed by atoms with Crippen molar-refractivity contribution in [3.8, 4) is 0 Å². The normalized spacial score (nSPS) is 20.2. The molecule has 19 heavy (non-hydrogen) atoms. The summed E-state index contributed by atoms with van der Waals surface area (Å²) in [6, 6.07) is 8.17. The summed E-state index contributed by atoms with van der Waals surface area (Å²) in [5.41, 5.74) is 7.05. The third-order valence-corrected chi connectivity index (χ3v) is 4.03. The highest BCUT2D eigenvalue weighted by Gasteiger charge is 2.27. The number of carbonyl (C=O) groups excluding carboxylic acids is 1. The summed E-state index contributed by atoms with van der Waals surface area (Å²) in [6.45, 7) is 4.60. The smallest absolute Gasteiger partial charge is 0.227 e. The molecule has 0 aromatic heterocycles. The Morgan fingerprint density at radius 1 is 1.32 bits per heavy atom. The highest BCUT2D eigenvalue weighted by atomic mass is 16.5. The molecule has 0 radical (unpaired) electrons. The van der Waals surface area contributed by atoms with Crippen LogP contribution in [0.3, 0.4) is 0 Å². The monoisotopic (exact) mass is 261 g/mol. The predicted molar refractivity (Wildman–Crippen MR) is 76.0 cm³/mol. The van der Waals surface area contributed by atoms with Crippen LogP contribution < -0.4 is 5.73 Å². The molecular weight excluding hydrogens is 238 g/mol. The quantitative estimate of drug-likeness (QED) is 0.905. The standard InChI is InChI=1S/C16H23NO2/c1-16(2,15(17)18)13-8-6-12(7-9-13)11-14-5-3-4-10-19-14/h6-9,14H,3-5,10-11H2,1-2H3,(H2,17,18). The largest absolute Gasteiger partial charge is 0.378 e. The van der Waals surface area contributed by atoms with Gasteiger partial charge in [-0.05, 0) is 50.7 Å². The number of carbonyl (C=O) groups is 1. The summed E-state index contributed by atoms with van der Waals surface area (Å²) >= 11 is 0. The lowest BCUT2D eigenvalue weighted by Crippen LogP contribution is -2.35. The van der Waals surface area contributed by atoms with Crippen LogP contribution in [0.4, 0.5) is 0 Å². The molecule has 1 aliphatic rings. The second-order valence-corrected chi connectivity index (χ2v) is 5.88. The molecule has 1 aromatic rings. The molecule has 0 saturated carbocycles. The number of rotatable bonds is 4. The molecule has 1 atom stereocenters. The second kappa shape index (κ2) is 5.74. The maximum Gasteiger partial charge on any atom is 0.227 e. The Balaban J connectivity index is 2.04. The zero-order chi connectivity index (χ0) is 13.9. The van der Waals surface area contributed by atoms with Crippen molar-refractivity contribution in [1.29, 1.82) is 0 Å². The van der Waals surface area contributed by atoms with Crippen molar-refractivity contribution >= 4 is 5.91 Å². The summed E-state index contributed by atoms with van der Waals surface area (Å²) in [7, 11) is 0. The molecule has 1 aliphatic heterocycles. The Morgan fingerprint density at radius 3 is 2.53 bits per heavy atom. The van der Waals surface area contributed by atoms with E-state index in [1.807, 2.05) is 26.0 Å². The Bertz CT molecular complexity index is 431. The van der Waals surface area contributed by atoms with Crippen LogP contribution in [0.15, 0.2) is 24.3 Å². The maximum atomic E-state index is 11.4. The zero-order valence-electron chi connectivity index (χ0n) is 11.8. The number of amides is 1. The van der Waals surface area contributed by atoms with Crippen LogP contribution in [0.2, 0.25) is 0 Å². The SMILES string of the molecule is CC(C)(C(N)=O)c1ccc(CC2CCCCO2)cc1. The molecule has 0 aliphatic carbocycles. The van der Waals surface area contributed by atoms with E-state index in [0.717, 1.165) is 25.0 Å². The van der Waals surface area contributed by atoms with Gasteiger partial charge in [0.2, 0.25) is 5.91 Å². The van der Waals surface area contributed by atoms with Crippen LogP contribution in [0, 0.1) is 0 Å². The third-order valence-electron chi connectivity index (χ3n) is 4.03. The van der Waals surface area contributed by atoms with Crippen LogP contribution in [-0.4, -0.2) is 18.6 Å². The van der Waals surface area contributed by atoms with E-state index in [1.54, 1.807) is 0 Å². The Morgan fingerprint density at radius 2 is 2.00 bits per heavy atom. The number of primary amides is 1. The zero-order valence-corrected chi connectivity index (χ0v) is 11.8. The summed E-state index contributed by atoms with van der Waals surface area (Å²) in [6.07, 6.45) is 4.90. The van der Waals surface area contributed by atoms with Crippen molar-refractivity contribution in [2.45, 2.75) is 51.0 Å². The van der Waals surface area contributed by atoms with E-state index >= 15 is 0 Å². The number of benzene rings is 1. The number of ether oxygens (including phenoxy) is 1. The first-order valence-corrected chi connectivity index (χ1v) is 7.01. The first-order chi connectivity index (χ1) is 9.00. The van der Waals surface area contributed by atoms with Gasteiger partial charge in [-0.25, -0.2) is 0 Å². The van der Waals surface area contributed by atoms with E-state index in [-0.39, 0.29) is 5.91 Å². The fraction of sp³-hybridized carbons (Fsp3) is 0.562. The minimum absolute atomic E-state index is 0.295. The van der Waals surface area contributed by atoms with Gasteiger partial charge in [-0.2, -0.15) is 0 Å². The minimum atomic E-state index is -0.611. The van der Waals surface area contributed by atoms with Crippen molar-refractivity contribution in [2.24, 2.45) is 5.73 Å². The lowest BCUT2D eigenvalue weighted by molar-refractivity contribution is -0.122. The van der Waals surface area contributed by atoms with E-state index in [2.05, 4.69) is 12.1 Å². The lowest BCUT2D eigenvalue weighted by atomic mass is 9.83. The minimum Gasteiger partial charge on any atom is -0.378 e. The van der Waals surface area contributed by atoms with Gasteiger partial charge < -0.3 is 10.5 Å². The van der Waals surface area contributed by atoms with E-state index in [9.17, 15) is 4.79 Å². The molecule has 2 N–H and O–H groups in total. The molecule has 3 heteroatoms. The molecule has 0 bridgehead atoms. The highest BCUT2D eigenvalue weighted by Crippen LogP contribution is 2.24. The molecule has 1 saturated heterocycles. The topological polar surface area (TPSA) is 52.3 Å². The van der Waals surface area contributed by atoms with Crippen LogP contribution in [0.1, 0.15) is 44.2 Å². The van der Waals surface area contributed by atoms with E-state index in [0.29, 0.717) is 6.10 Å². The van der Waals surface area contributed by atoms with Gasteiger partial charge in [0.05, 0.1) is 11.5 Å². The van der Waals surface area contributed by atoms with Gasteiger partial charge in [0.1, 0.15) is 0 Å². The second-order valence-electron chi connectivity index (χ2n) is 5.88. The van der Waals surface area contributed by atoms with Gasteiger partial charge in [-0.15, -0.1) is 0 Å². The summed E-state index contributed by atoms with van der Waals surface area (Å²) in [5, 5.41) is 0. The Hall–Kier alpha value is -1.35. The van der Waals surface area contributed by atoms with Crippen molar-refractivity contribution in [3.05, 3.63) is 35.4 Å². The summed E-state index contributed by atoms with van der Waals surface area (Å²) < 4.78 is 5.74. The predicted octanol–water partition coefficient (Wildman–Crippen LogP) is 2.56. The summed E-state index contributed by atoms with van der Waals surface area (Å²) in [4.78, 5) is 11.4. The van der Waals surface area contributed by atoms with Gasteiger partial charge in [-0.1, -0.05) is 24.3 Å². The van der Waals surface area contributed by atoms with Gasteiger partial charge in [-0.3, -0.25) is 4.79 Å². The summed E-state index contributed by atoms with van der Waals surface area (Å²) in [5.74, 6) is -0.295. The van der Waals surface area contributed by atoms with Crippen molar-refractivity contribution in [1.82, 2.24) is 0 Å². The van der Waals surface area contributed by atoms with Crippen molar-refractivity contribution in [3.63, 3.8) is 0 Å². The lowest BCUT2D eigenvalue weighted by Gasteiger charge is -2.24. The Labute approximate surface area is 115 Å². The first kappa shape index (κ1) is 14.1. The fourth-order valence-electron chi connectivity index (χ4n) is 2.43. The fourth-order valence-corrected chi connectivity index (χ4v) is 2.43. The van der Waals surface area contributed by atoms with E-state index in [1.165, 1.54) is 18.4 Å².